The van der Waals surface area contributed by atoms with Crippen molar-refractivity contribution >= 4 is 5.78 Å². The van der Waals surface area contributed by atoms with Crippen LogP contribution in [0.4, 0.5) is 0 Å². The van der Waals surface area contributed by atoms with Crippen molar-refractivity contribution in [3.63, 3.8) is 0 Å². The lowest BCUT2D eigenvalue weighted by Crippen LogP contribution is -2.29. The fraction of sp³-hybridized carbons (Fsp3) is 0.211. The first kappa shape index (κ1) is 13.6. The van der Waals surface area contributed by atoms with Gasteiger partial charge in [0.1, 0.15) is 5.75 Å². The van der Waals surface area contributed by atoms with Crippen molar-refractivity contribution in [3.8, 4) is 5.75 Å². The van der Waals surface area contributed by atoms with Gasteiger partial charge in [0.05, 0.1) is 0 Å². The Balaban J connectivity index is 2.21. The molecule has 2 nitrogen and oxygen atoms in total. The number of aryl methyl sites for hydroxylation is 1. The minimum Gasteiger partial charge on any atom is -0.508 e. The predicted octanol–water partition coefficient (Wildman–Crippen LogP) is 3.91. The van der Waals surface area contributed by atoms with Crippen molar-refractivity contribution in [1.82, 2.24) is 0 Å². The Kier molecular flexibility index (Phi) is 3.38. The van der Waals surface area contributed by atoms with Crippen molar-refractivity contribution in [2.45, 2.75) is 25.2 Å². The van der Waals surface area contributed by atoms with E-state index in [1.165, 1.54) is 5.56 Å². The van der Waals surface area contributed by atoms with E-state index < -0.39 is 5.41 Å². The Morgan fingerprint density at radius 3 is 2.38 bits per heavy atom. The van der Waals surface area contributed by atoms with E-state index in [1.54, 1.807) is 12.1 Å². The fourth-order valence-electron chi connectivity index (χ4n) is 3.04. The van der Waals surface area contributed by atoms with Gasteiger partial charge < -0.3 is 5.11 Å². The van der Waals surface area contributed by atoms with Crippen LogP contribution in [-0.2, 0) is 10.2 Å². The highest BCUT2D eigenvalue weighted by atomic mass is 16.3. The van der Waals surface area contributed by atoms with Crippen LogP contribution in [0.2, 0.25) is 0 Å². The molecule has 0 fully saturated rings. The summed E-state index contributed by atoms with van der Waals surface area (Å²) in [4.78, 5) is 11.6. The van der Waals surface area contributed by atoms with E-state index in [9.17, 15) is 9.90 Å². The highest BCUT2D eigenvalue weighted by Crippen LogP contribution is 2.44. The second kappa shape index (κ2) is 5.21. The zero-order chi connectivity index (χ0) is 14.9. The Bertz CT molecular complexity index is 698. The van der Waals surface area contributed by atoms with Gasteiger partial charge in [-0.15, -0.1) is 0 Å². The van der Waals surface area contributed by atoms with Gasteiger partial charge in [0, 0.05) is 17.4 Å². The van der Waals surface area contributed by atoms with Gasteiger partial charge in [0.2, 0.25) is 0 Å². The minimum atomic E-state index is -0.424. The molecule has 0 saturated carbocycles. The molecule has 2 aromatic carbocycles. The Morgan fingerprint density at radius 2 is 1.76 bits per heavy atom. The molecule has 1 N–H and O–H groups in total. The van der Waals surface area contributed by atoms with E-state index >= 15 is 0 Å². The molecule has 0 saturated heterocycles. The summed E-state index contributed by atoms with van der Waals surface area (Å²) in [5, 5.41) is 10.3. The number of hydrogen-bond donors (Lipinski definition) is 1. The SMILES string of the molecule is Cc1ccc(C2(c3ccccc3O)C=CC(=O)CC2)cc1. The summed E-state index contributed by atoms with van der Waals surface area (Å²) >= 11 is 0. The first-order valence-corrected chi connectivity index (χ1v) is 7.19. The molecule has 21 heavy (non-hydrogen) atoms. The maximum absolute atomic E-state index is 11.6. The number of para-hydroxylation sites is 1. The topological polar surface area (TPSA) is 37.3 Å². The lowest BCUT2D eigenvalue weighted by atomic mass is 9.68. The molecule has 1 atom stereocenters. The number of aromatic hydroxyl groups is 1. The minimum absolute atomic E-state index is 0.146. The maximum atomic E-state index is 11.6. The molecule has 1 unspecified atom stereocenters. The number of phenols is 1. The summed E-state index contributed by atoms with van der Waals surface area (Å²) < 4.78 is 0. The molecule has 0 spiro atoms. The molecular formula is C19H18O2. The van der Waals surface area contributed by atoms with Crippen LogP contribution in [-0.4, -0.2) is 10.9 Å². The van der Waals surface area contributed by atoms with Gasteiger partial charge in [-0.1, -0.05) is 54.1 Å². The lowest BCUT2D eigenvalue weighted by Gasteiger charge is -2.34. The first-order valence-electron chi connectivity index (χ1n) is 7.19. The molecule has 0 aromatic heterocycles. The smallest absolute Gasteiger partial charge is 0.155 e. The standard InChI is InChI=1S/C19H18O2/c1-14-6-8-15(9-7-14)19(12-10-16(20)11-13-19)17-4-2-3-5-18(17)21/h2-10,12,21H,11,13H2,1H3. The number of rotatable bonds is 2. The van der Waals surface area contributed by atoms with Crippen molar-refractivity contribution in [3.05, 3.63) is 77.4 Å². The van der Waals surface area contributed by atoms with Crippen LogP contribution in [0.25, 0.3) is 0 Å². The Morgan fingerprint density at radius 1 is 1.05 bits per heavy atom. The molecule has 2 aromatic rings. The molecule has 1 aliphatic carbocycles. The van der Waals surface area contributed by atoms with Gasteiger partial charge in [0.15, 0.2) is 5.78 Å². The van der Waals surface area contributed by atoms with Crippen LogP contribution in [0, 0.1) is 6.92 Å². The van der Waals surface area contributed by atoms with Crippen molar-refractivity contribution in [1.29, 1.82) is 0 Å². The molecule has 0 aliphatic heterocycles. The average Bonchev–Trinajstić information content (AvgIpc) is 2.50. The molecular weight excluding hydrogens is 260 g/mol. The van der Waals surface area contributed by atoms with Gasteiger partial charge in [-0.25, -0.2) is 0 Å². The van der Waals surface area contributed by atoms with Gasteiger partial charge in [0.25, 0.3) is 0 Å². The highest BCUT2D eigenvalue weighted by Gasteiger charge is 2.36. The van der Waals surface area contributed by atoms with Crippen LogP contribution < -0.4 is 0 Å². The zero-order valence-electron chi connectivity index (χ0n) is 12.0. The third-order valence-electron chi connectivity index (χ3n) is 4.27. The van der Waals surface area contributed by atoms with Crippen LogP contribution >= 0.6 is 0 Å². The summed E-state index contributed by atoms with van der Waals surface area (Å²) in [6, 6.07) is 15.7. The van der Waals surface area contributed by atoms with Gasteiger partial charge in [-0.05, 0) is 31.1 Å². The molecule has 0 radical (unpaired) electrons. The van der Waals surface area contributed by atoms with Crippen LogP contribution in [0.1, 0.15) is 29.5 Å². The number of benzene rings is 2. The third-order valence-corrected chi connectivity index (χ3v) is 4.27. The van der Waals surface area contributed by atoms with E-state index in [4.69, 9.17) is 0 Å². The molecule has 0 bridgehead atoms. The molecule has 2 heteroatoms. The monoisotopic (exact) mass is 278 g/mol. The summed E-state index contributed by atoms with van der Waals surface area (Å²) in [6.45, 7) is 2.05. The summed E-state index contributed by atoms with van der Waals surface area (Å²) in [7, 11) is 0. The van der Waals surface area contributed by atoms with E-state index in [2.05, 4.69) is 31.2 Å². The number of phenolic OH excluding ortho intramolecular Hbond substituents is 1. The summed E-state index contributed by atoms with van der Waals surface area (Å²) in [5.41, 5.74) is 2.74. The second-order valence-corrected chi connectivity index (χ2v) is 5.65. The number of carbonyl (C=O) groups excluding carboxylic acids is 1. The predicted molar refractivity (Wildman–Crippen MR) is 83.4 cm³/mol. The molecule has 3 rings (SSSR count). The highest BCUT2D eigenvalue weighted by molar-refractivity contribution is 5.91. The van der Waals surface area contributed by atoms with E-state index in [0.717, 1.165) is 11.1 Å². The van der Waals surface area contributed by atoms with Gasteiger partial charge >= 0.3 is 0 Å². The molecule has 0 amide bonds. The normalized spacial score (nSPS) is 21.5. The van der Waals surface area contributed by atoms with E-state index in [1.807, 2.05) is 24.3 Å². The molecule has 1 aliphatic rings. The van der Waals surface area contributed by atoms with Crippen LogP contribution in [0.5, 0.6) is 5.75 Å². The zero-order valence-corrected chi connectivity index (χ0v) is 12.0. The van der Waals surface area contributed by atoms with Crippen LogP contribution in [0.15, 0.2) is 60.7 Å². The number of allylic oxidation sites excluding steroid dienone is 2. The van der Waals surface area contributed by atoms with Gasteiger partial charge in [-0.2, -0.15) is 0 Å². The second-order valence-electron chi connectivity index (χ2n) is 5.65. The van der Waals surface area contributed by atoms with Crippen molar-refractivity contribution < 1.29 is 9.90 Å². The van der Waals surface area contributed by atoms with Gasteiger partial charge in [-0.3, -0.25) is 4.79 Å². The average molecular weight is 278 g/mol. The summed E-state index contributed by atoms with van der Waals surface area (Å²) in [5.74, 6) is 0.422. The Hall–Kier alpha value is -2.35. The number of ketones is 1. The van der Waals surface area contributed by atoms with E-state index in [0.29, 0.717) is 12.8 Å². The molecule has 106 valence electrons. The summed E-state index contributed by atoms with van der Waals surface area (Å²) in [6.07, 6.45) is 4.77. The quantitative estimate of drug-likeness (QED) is 0.904. The largest absolute Gasteiger partial charge is 0.508 e. The third kappa shape index (κ3) is 2.38. The molecule has 0 heterocycles. The fourth-order valence-corrected chi connectivity index (χ4v) is 3.04. The number of hydrogen-bond acceptors (Lipinski definition) is 2. The van der Waals surface area contributed by atoms with E-state index in [-0.39, 0.29) is 11.5 Å². The first-order chi connectivity index (χ1) is 10.1. The van der Waals surface area contributed by atoms with Crippen LogP contribution in [0.3, 0.4) is 0 Å². The Labute approximate surface area is 124 Å². The van der Waals surface area contributed by atoms with Crippen molar-refractivity contribution in [2.24, 2.45) is 0 Å². The van der Waals surface area contributed by atoms with Crippen molar-refractivity contribution in [2.75, 3.05) is 0 Å². The number of carbonyl (C=O) groups is 1. The maximum Gasteiger partial charge on any atom is 0.155 e. The lowest BCUT2D eigenvalue weighted by molar-refractivity contribution is -0.115.